The highest BCUT2D eigenvalue weighted by molar-refractivity contribution is 5.92. The van der Waals surface area contributed by atoms with Gasteiger partial charge in [-0.05, 0) is 46.5 Å². The first-order valence-electron chi connectivity index (χ1n) is 7.51. The first-order valence-corrected chi connectivity index (χ1v) is 7.51. The molecule has 1 aromatic carbocycles. The number of rotatable bonds is 6. The van der Waals surface area contributed by atoms with Gasteiger partial charge in [-0.2, -0.15) is 0 Å². The Bertz CT molecular complexity index is 650. The standard InChI is InChI=1S/C16H24N6/c1-12-13-8-4-5-9-14(13)20-16(19-12)21-15(17)18-10-6-7-11-22(2)3/h4-5,8-9H,6-7,10-11H2,1-3H3,(H3,17,18,19,20,21). The molecule has 3 N–H and O–H groups in total. The van der Waals surface area contributed by atoms with E-state index in [-0.39, 0.29) is 0 Å². The van der Waals surface area contributed by atoms with Crippen LogP contribution >= 0.6 is 0 Å². The predicted molar refractivity (Wildman–Crippen MR) is 92.2 cm³/mol. The molecule has 1 aromatic heterocycles. The van der Waals surface area contributed by atoms with Crippen molar-refractivity contribution < 1.29 is 0 Å². The van der Waals surface area contributed by atoms with Crippen LogP contribution in [0.5, 0.6) is 0 Å². The van der Waals surface area contributed by atoms with Crippen LogP contribution in [0.15, 0.2) is 29.3 Å². The fraction of sp³-hybridized carbons (Fsp3) is 0.438. The number of anilines is 1. The van der Waals surface area contributed by atoms with Gasteiger partial charge in [-0.1, -0.05) is 18.2 Å². The lowest BCUT2D eigenvalue weighted by molar-refractivity contribution is 0.396. The van der Waals surface area contributed by atoms with Crippen molar-refractivity contribution >= 4 is 22.8 Å². The number of fused-ring (bicyclic) bond motifs is 1. The quantitative estimate of drug-likeness (QED) is 0.484. The molecule has 118 valence electrons. The van der Waals surface area contributed by atoms with Crippen LogP contribution in [0.1, 0.15) is 18.5 Å². The SMILES string of the molecule is Cc1nc(NC(N)=NCCCCN(C)C)nc2ccccc12. The van der Waals surface area contributed by atoms with Crippen molar-refractivity contribution in [2.24, 2.45) is 10.7 Å². The Morgan fingerprint density at radius 3 is 2.77 bits per heavy atom. The van der Waals surface area contributed by atoms with E-state index in [1.165, 1.54) is 0 Å². The van der Waals surface area contributed by atoms with Crippen molar-refractivity contribution in [3.63, 3.8) is 0 Å². The van der Waals surface area contributed by atoms with E-state index in [0.717, 1.165) is 36.0 Å². The van der Waals surface area contributed by atoms with Crippen LogP contribution in [-0.4, -0.2) is 48.0 Å². The highest BCUT2D eigenvalue weighted by Gasteiger charge is 2.04. The van der Waals surface area contributed by atoms with E-state index >= 15 is 0 Å². The fourth-order valence-corrected chi connectivity index (χ4v) is 2.18. The van der Waals surface area contributed by atoms with Crippen LogP contribution in [0.25, 0.3) is 10.9 Å². The molecule has 6 nitrogen and oxygen atoms in total. The lowest BCUT2D eigenvalue weighted by Gasteiger charge is -2.08. The minimum Gasteiger partial charge on any atom is -0.370 e. The van der Waals surface area contributed by atoms with Gasteiger partial charge >= 0.3 is 0 Å². The summed E-state index contributed by atoms with van der Waals surface area (Å²) in [4.78, 5) is 15.3. The van der Waals surface area contributed by atoms with Crippen LogP contribution in [0.3, 0.4) is 0 Å². The summed E-state index contributed by atoms with van der Waals surface area (Å²) in [5.74, 6) is 0.852. The number of nitrogens with two attached hydrogens (primary N) is 1. The second-order valence-corrected chi connectivity index (χ2v) is 5.55. The molecule has 0 atom stereocenters. The molecule has 0 fully saturated rings. The van der Waals surface area contributed by atoms with Gasteiger partial charge in [0.15, 0.2) is 5.96 Å². The van der Waals surface area contributed by atoms with Gasteiger partial charge in [0.1, 0.15) is 0 Å². The third-order valence-electron chi connectivity index (χ3n) is 3.33. The number of unbranched alkanes of at least 4 members (excludes halogenated alkanes) is 1. The van der Waals surface area contributed by atoms with Crippen LogP contribution in [0.4, 0.5) is 5.95 Å². The molecule has 0 saturated heterocycles. The zero-order chi connectivity index (χ0) is 15.9. The number of aliphatic imine (C=N–C) groups is 1. The van der Waals surface area contributed by atoms with Crippen LogP contribution in [-0.2, 0) is 0 Å². The van der Waals surface area contributed by atoms with Crippen LogP contribution < -0.4 is 11.1 Å². The van der Waals surface area contributed by atoms with Gasteiger partial charge in [0.2, 0.25) is 5.95 Å². The maximum atomic E-state index is 5.89. The number of benzene rings is 1. The molecule has 0 spiro atoms. The lowest BCUT2D eigenvalue weighted by Crippen LogP contribution is -2.24. The average Bonchev–Trinajstić information content (AvgIpc) is 2.46. The molecular weight excluding hydrogens is 276 g/mol. The van der Waals surface area contributed by atoms with Gasteiger partial charge in [0.05, 0.1) is 11.2 Å². The maximum absolute atomic E-state index is 5.89. The van der Waals surface area contributed by atoms with Gasteiger partial charge in [0.25, 0.3) is 0 Å². The van der Waals surface area contributed by atoms with Crippen LogP contribution in [0, 0.1) is 6.92 Å². The molecule has 6 heteroatoms. The summed E-state index contributed by atoms with van der Waals surface area (Å²) in [6, 6.07) is 7.91. The number of nitrogens with one attached hydrogen (secondary N) is 1. The molecule has 0 amide bonds. The van der Waals surface area contributed by atoms with Crippen molar-refractivity contribution in [1.29, 1.82) is 0 Å². The Morgan fingerprint density at radius 2 is 2.00 bits per heavy atom. The van der Waals surface area contributed by atoms with E-state index < -0.39 is 0 Å². The summed E-state index contributed by atoms with van der Waals surface area (Å²) in [6.07, 6.45) is 2.12. The Labute approximate surface area is 131 Å². The number of aryl methyl sites for hydroxylation is 1. The number of para-hydroxylation sites is 1. The molecule has 0 radical (unpaired) electrons. The normalized spacial score (nSPS) is 12.1. The Morgan fingerprint density at radius 1 is 1.23 bits per heavy atom. The summed E-state index contributed by atoms with van der Waals surface area (Å²) in [5, 5.41) is 4.02. The number of hydrogen-bond acceptors (Lipinski definition) is 4. The molecule has 0 aliphatic rings. The smallest absolute Gasteiger partial charge is 0.230 e. The second kappa shape index (κ2) is 7.70. The predicted octanol–water partition coefficient (Wildman–Crippen LogP) is 2.01. The molecule has 0 aliphatic carbocycles. The third kappa shape index (κ3) is 4.66. The highest BCUT2D eigenvalue weighted by Crippen LogP contribution is 2.16. The lowest BCUT2D eigenvalue weighted by atomic mass is 10.2. The van der Waals surface area contributed by atoms with Crippen molar-refractivity contribution in [2.45, 2.75) is 19.8 Å². The molecule has 0 aliphatic heterocycles. The van der Waals surface area contributed by atoms with E-state index in [0.29, 0.717) is 18.5 Å². The Kier molecular flexibility index (Phi) is 5.66. The molecule has 0 saturated carbocycles. The van der Waals surface area contributed by atoms with Crippen molar-refractivity contribution in [3.05, 3.63) is 30.0 Å². The summed E-state index contributed by atoms with van der Waals surface area (Å²) >= 11 is 0. The summed E-state index contributed by atoms with van der Waals surface area (Å²) in [6.45, 7) is 3.73. The topological polar surface area (TPSA) is 79.4 Å². The molecule has 0 unspecified atom stereocenters. The van der Waals surface area contributed by atoms with Gasteiger partial charge < -0.3 is 10.6 Å². The fourth-order valence-electron chi connectivity index (χ4n) is 2.18. The number of aromatic nitrogens is 2. The minimum atomic E-state index is 0.361. The molecule has 2 rings (SSSR count). The molecule has 0 bridgehead atoms. The molecule has 22 heavy (non-hydrogen) atoms. The average molecular weight is 300 g/mol. The number of nitrogens with zero attached hydrogens (tertiary/aromatic N) is 4. The van der Waals surface area contributed by atoms with Crippen molar-refractivity contribution in [2.75, 3.05) is 32.5 Å². The maximum Gasteiger partial charge on any atom is 0.230 e. The molecular formula is C16H24N6. The summed E-state index contributed by atoms with van der Waals surface area (Å²) in [5.41, 5.74) is 7.71. The minimum absolute atomic E-state index is 0.361. The zero-order valence-corrected chi connectivity index (χ0v) is 13.5. The van der Waals surface area contributed by atoms with E-state index in [1.807, 2.05) is 31.2 Å². The van der Waals surface area contributed by atoms with Crippen molar-refractivity contribution in [3.8, 4) is 0 Å². The molecule has 2 aromatic rings. The largest absolute Gasteiger partial charge is 0.370 e. The highest BCUT2D eigenvalue weighted by atomic mass is 15.2. The van der Waals surface area contributed by atoms with Gasteiger partial charge in [-0.15, -0.1) is 0 Å². The number of guanidine groups is 1. The molecule has 1 heterocycles. The summed E-state index contributed by atoms with van der Waals surface area (Å²) in [7, 11) is 4.14. The Balaban J connectivity index is 1.95. The monoisotopic (exact) mass is 300 g/mol. The van der Waals surface area contributed by atoms with E-state index in [4.69, 9.17) is 5.73 Å². The van der Waals surface area contributed by atoms with Gasteiger partial charge in [-0.25, -0.2) is 9.97 Å². The first kappa shape index (κ1) is 16.2. The summed E-state index contributed by atoms with van der Waals surface area (Å²) < 4.78 is 0. The van der Waals surface area contributed by atoms with Gasteiger partial charge in [-0.3, -0.25) is 10.3 Å². The second-order valence-electron chi connectivity index (χ2n) is 5.55. The van der Waals surface area contributed by atoms with E-state index in [1.54, 1.807) is 0 Å². The van der Waals surface area contributed by atoms with E-state index in [9.17, 15) is 0 Å². The van der Waals surface area contributed by atoms with E-state index in [2.05, 4.69) is 39.3 Å². The third-order valence-corrected chi connectivity index (χ3v) is 3.33. The van der Waals surface area contributed by atoms with Crippen molar-refractivity contribution in [1.82, 2.24) is 14.9 Å². The Hall–Kier alpha value is -2.21. The van der Waals surface area contributed by atoms with Gasteiger partial charge in [0, 0.05) is 11.9 Å². The van der Waals surface area contributed by atoms with Crippen LogP contribution in [0.2, 0.25) is 0 Å². The number of hydrogen-bond donors (Lipinski definition) is 2. The zero-order valence-electron chi connectivity index (χ0n) is 13.5. The first-order chi connectivity index (χ1) is 10.6.